The van der Waals surface area contributed by atoms with Crippen LogP contribution in [0.25, 0.3) is 0 Å². The van der Waals surface area contributed by atoms with Crippen LogP contribution in [-0.2, 0) is 9.59 Å². The van der Waals surface area contributed by atoms with Gasteiger partial charge < -0.3 is 9.80 Å². The van der Waals surface area contributed by atoms with Gasteiger partial charge in [-0.3, -0.25) is 9.59 Å². The van der Waals surface area contributed by atoms with E-state index in [0.29, 0.717) is 19.0 Å². The number of rotatable bonds is 5. The van der Waals surface area contributed by atoms with E-state index in [-0.39, 0.29) is 17.9 Å². The molecule has 0 radical (unpaired) electrons. The lowest BCUT2D eigenvalue weighted by molar-refractivity contribution is -0.136. The van der Waals surface area contributed by atoms with Gasteiger partial charge in [-0.05, 0) is 39.5 Å². The molecular formula is C15H28N2O2. The van der Waals surface area contributed by atoms with Crippen LogP contribution in [0.2, 0.25) is 0 Å². The first-order chi connectivity index (χ1) is 8.97. The maximum absolute atomic E-state index is 12.3. The Kier molecular flexibility index (Phi) is 6.32. The number of amides is 2. The first-order valence-electron chi connectivity index (χ1n) is 7.54. The zero-order valence-electron chi connectivity index (χ0n) is 12.8. The number of piperidine rings is 1. The predicted molar refractivity (Wildman–Crippen MR) is 76.8 cm³/mol. The number of nitrogens with zero attached hydrogens (tertiary/aromatic N) is 2. The van der Waals surface area contributed by atoms with E-state index in [1.165, 1.54) is 6.42 Å². The van der Waals surface area contributed by atoms with E-state index in [9.17, 15) is 9.59 Å². The standard InChI is InChI=1S/C15H28N2O2/c1-5-14-8-6-7-10-17(14)15(19)9-11-16(12(2)3)13(4)18/h12,14H,5-11H2,1-4H3. The summed E-state index contributed by atoms with van der Waals surface area (Å²) < 4.78 is 0. The van der Waals surface area contributed by atoms with Crippen molar-refractivity contribution in [2.45, 2.75) is 71.9 Å². The van der Waals surface area contributed by atoms with Crippen LogP contribution in [0.15, 0.2) is 0 Å². The van der Waals surface area contributed by atoms with Crippen LogP contribution in [0.4, 0.5) is 0 Å². The van der Waals surface area contributed by atoms with Crippen molar-refractivity contribution in [3.8, 4) is 0 Å². The molecule has 0 aromatic carbocycles. The Morgan fingerprint density at radius 1 is 1.32 bits per heavy atom. The van der Waals surface area contributed by atoms with Crippen molar-refractivity contribution >= 4 is 11.8 Å². The second-order valence-electron chi connectivity index (χ2n) is 5.70. The molecule has 4 heteroatoms. The molecule has 0 aliphatic carbocycles. The topological polar surface area (TPSA) is 40.6 Å². The van der Waals surface area contributed by atoms with E-state index >= 15 is 0 Å². The highest BCUT2D eigenvalue weighted by Gasteiger charge is 2.25. The highest BCUT2D eigenvalue weighted by atomic mass is 16.2. The van der Waals surface area contributed by atoms with E-state index in [1.54, 1.807) is 11.8 Å². The third-order valence-electron chi connectivity index (χ3n) is 4.01. The molecule has 4 nitrogen and oxygen atoms in total. The largest absolute Gasteiger partial charge is 0.340 e. The van der Waals surface area contributed by atoms with Gasteiger partial charge in [-0.25, -0.2) is 0 Å². The van der Waals surface area contributed by atoms with Gasteiger partial charge in [-0.15, -0.1) is 0 Å². The van der Waals surface area contributed by atoms with Crippen LogP contribution >= 0.6 is 0 Å². The summed E-state index contributed by atoms with van der Waals surface area (Å²) in [6.07, 6.45) is 4.96. The Labute approximate surface area is 117 Å². The summed E-state index contributed by atoms with van der Waals surface area (Å²) in [4.78, 5) is 27.6. The first kappa shape index (κ1) is 16.0. The van der Waals surface area contributed by atoms with Crippen molar-refractivity contribution < 1.29 is 9.59 Å². The Balaban J connectivity index is 2.51. The van der Waals surface area contributed by atoms with Crippen molar-refractivity contribution in [3.63, 3.8) is 0 Å². The molecule has 0 aromatic rings. The van der Waals surface area contributed by atoms with Gasteiger partial charge in [0, 0.05) is 38.5 Å². The first-order valence-corrected chi connectivity index (χ1v) is 7.54. The van der Waals surface area contributed by atoms with Crippen LogP contribution < -0.4 is 0 Å². The quantitative estimate of drug-likeness (QED) is 0.768. The number of carbonyl (C=O) groups is 2. The number of likely N-dealkylation sites (tertiary alicyclic amines) is 1. The van der Waals surface area contributed by atoms with E-state index in [2.05, 4.69) is 6.92 Å². The van der Waals surface area contributed by atoms with Gasteiger partial charge >= 0.3 is 0 Å². The fourth-order valence-electron chi connectivity index (χ4n) is 2.89. The van der Waals surface area contributed by atoms with Gasteiger partial charge in [0.05, 0.1) is 0 Å². The van der Waals surface area contributed by atoms with Crippen molar-refractivity contribution in [2.75, 3.05) is 13.1 Å². The maximum Gasteiger partial charge on any atom is 0.224 e. The van der Waals surface area contributed by atoms with Crippen LogP contribution in [0, 0.1) is 0 Å². The molecule has 110 valence electrons. The van der Waals surface area contributed by atoms with E-state index in [4.69, 9.17) is 0 Å². The smallest absolute Gasteiger partial charge is 0.224 e. The minimum atomic E-state index is 0.0495. The molecule has 1 heterocycles. The van der Waals surface area contributed by atoms with Crippen LogP contribution in [-0.4, -0.2) is 46.8 Å². The molecule has 0 bridgehead atoms. The van der Waals surface area contributed by atoms with Gasteiger partial charge in [0.15, 0.2) is 0 Å². The van der Waals surface area contributed by atoms with Gasteiger partial charge in [0.25, 0.3) is 0 Å². The Hall–Kier alpha value is -1.06. The number of carbonyl (C=O) groups excluding carboxylic acids is 2. The molecular weight excluding hydrogens is 240 g/mol. The normalized spacial score (nSPS) is 19.6. The van der Waals surface area contributed by atoms with Crippen molar-refractivity contribution in [1.29, 1.82) is 0 Å². The molecule has 1 fully saturated rings. The van der Waals surface area contributed by atoms with E-state index < -0.39 is 0 Å². The van der Waals surface area contributed by atoms with Crippen molar-refractivity contribution in [3.05, 3.63) is 0 Å². The fraction of sp³-hybridized carbons (Fsp3) is 0.867. The summed E-state index contributed by atoms with van der Waals surface area (Å²) in [7, 11) is 0. The molecule has 0 aromatic heterocycles. The maximum atomic E-state index is 12.3. The highest BCUT2D eigenvalue weighted by Crippen LogP contribution is 2.20. The molecule has 0 N–H and O–H groups in total. The van der Waals surface area contributed by atoms with E-state index in [1.807, 2.05) is 18.7 Å². The average Bonchev–Trinajstić information content (AvgIpc) is 2.37. The zero-order valence-corrected chi connectivity index (χ0v) is 12.8. The molecule has 0 spiro atoms. The summed E-state index contributed by atoms with van der Waals surface area (Å²) in [6.45, 7) is 9.12. The Morgan fingerprint density at radius 3 is 2.53 bits per heavy atom. The molecule has 19 heavy (non-hydrogen) atoms. The molecule has 1 aliphatic heterocycles. The summed E-state index contributed by atoms with van der Waals surface area (Å²) in [5.41, 5.74) is 0. The van der Waals surface area contributed by atoms with Crippen LogP contribution in [0.1, 0.15) is 59.8 Å². The summed E-state index contributed by atoms with van der Waals surface area (Å²) in [6, 6.07) is 0.569. The minimum absolute atomic E-state index is 0.0495. The lowest BCUT2D eigenvalue weighted by atomic mass is 9.99. The third kappa shape index (κ3) is 4.51. The highest BCUT2D eigenvalue weighted by molar-refractivity contribution is 5.78. The average molecular weight is 268 g/mol. The molecule has 1 atom stereocenters. The lowest BCUT2D eigenvalue weighted by Gasteiger charge is -2.36. The molecule has 1 aliphatic rings. The van der Waals surface area contributed by atoms with Gasteiger partial charge in [0.1, 0.15) is 0 Å². The SMILES string of the molecule is CCC1CCCCN1C(=O)CCN(C(C)=O)C(C)C. The molecule has 1 saturated heterocycles. The monoisotopic (exact) mass is 268 g/mol. The molecule has 1 unspecified atom stereocenters. The van der Waals surface area contributed by atoms with Crippen LogP contribution in [0.5, 0.6) is 0 Å². The lowest BCUT2D eigenvalue weighted by Crippen LogP contribution is -2.45. The second kappa shape index (κ2) is 7.51. The molecule has 2 amide bonds. The minimum Gasteiger partial charge on any atom is -0.340 e. The van der Waals surface area contributed by atoms with Gasteiger partial charge in [0.2, 0.25) is 11.8 Å². The Morgan fingerprint density at radius 2 is 2.00 bits per heavy atom. The number of hydrogen-bond donors (Lipinski definition) is 0. The second-order valence-corrected chi connectivity index (χ2v) is 5.70. The predicted octanol–water partition coefficient (Wildman–Crippen LogP) is 2.42. The van der Waals surface area contributed by atoms with Gasteiger partial charge in [-0.2, -0.15) is 0 Å². The number of hydrogen-bond acceptors (Lipinski definition) is 2. The Bertz CT molecular complexity index is 315. The fourth-order valence-corrected chi connectivity index (χ4v) is 2.89. The molecule has 0 saturated carbocycles. The van der Waals surface area contributed by atoms with Crippen LogP contribution in [0.3, 0.4) is 0 Å². The third-order valence-corrected chi connectivity index (χ3v) is 4.01. The summed E-state index contributed by atoms with van der Waals surface area (Å²) >= 11 is 0. The van der Waals surface area contributed by atoms with Crippen molar-refractivity contribution in [2.24, 2.45) is 0 Å². The van der Waals surface area contributed by atoms with Gasteiger partial charge in [-0.1, -0.05) is 6.92 Å². The summed E-state index contributed by atoms with van der Waals surface area (Å²) in [5.74, 6) is 0.256. The zero-order chi connectivity index (χ0) is 14.4. The molecule has 1 rings (SSSR count). The summed E-state index contributed by atoms with van der Waals surface area (Å²) in [5, 5.41) is 0. The van der Waals surface area contributed by atoms with Crippen molar-refractivity contribution in [1.82, 2.24) is 9.80 Å². The van der Waals surface area contributed by atoms with E-state index in [0.717, 1.165) is 25.8 Å².